The number of hydrogen-bond donors (Lipinski definition) is 0. The van der Waals surface area contributed by atoms with Crippen molar-refractivity contribution in [3.63, 3.8) is 0 Å². The van der Waals surface area contributed by atoms with Crippen molar-refractivity contribution in [2.45, 2.75) is 39.7 Å². The average Bonchev–Trinajstić information content (AvgIpc) is 3.32. The van der Waals surface area contributed by atoms with Crippen LogP contribution in [0.15, 0.2) is 61.1 Å². The van der Waals surface area contributed by atoms with Crippen molar-refractivity contribution in [2.24, 2.45) is 0 Å². The zero-order valence-electron chi connectivity index (χ0n) is 16.3. The fraction of sp³-hybridized carbons (Fsp3) is 0.273. The van der Waals surface area contributed by atoms with Crippen LogP contribution in [0.1, 0.15) is 28.6 Å². The average molecular weight is 372 g/mol. The molecule has 4 aromatic rings. The lowest BCUT2D eigenvalue weighted by Gasteiger charge is -2.08. The molecule has 0 N–H and O–H groups in total. The molecule has 4 rings (SSSR count). The third kappa shape index (κ3) is 4.01. The Morgan fingerprint density at radius 2 is 1.71 bits per heavy atom. The number of pyridine rings is 1. The highest BCUT2D eigenvalue weighted by Crippen LogP contribution is 2.14. The van der Waals surface area contributed by atoms with Crippen LogP contribution in [0.2, 0.25) is 0 Å². The molecule has 0 saturated carbocycles. The second-order valence-electron chi connectivity index (χ2n) is 6.90. The summed E-state index contributed by atoms with van der Waals surface area (Å²) in [5, 5.41) is 4.80. The molecule has 0 amide bonds. The summed E-state index contributed by atoms with van der Waals surface area (Å²) in [6.45, 7) is 4.88. The van der Waals surface area contributed by atoms with Gasteiger partial charge in [0.15, 0.2) is 11.6 Å². The summed E-state index contributed by atoms with van der Waals surface area (Å²) in [5.74, 6) is 3.63. The van der Waals surface area contributed by atoms with Crippen molar-refractivity contribution < 1.29 is 0 Å². The van der Waals surface area contributed by atoms with Gasteiger partial charge in [0.1, 0.15) is 11.6 Å². The molecule has 3 heterocycles. The monoisotopic (exact) mass is 372 g/mol. The molecule has 28 heavy (non-hydrogen) atoms. The summed E-state index contributed by atoms with van der Waals surface area (Å²) < 4.78 is 4.04. The second-order valence-corrected chi connectivity index (χ2v) is 6.90. The second kappa shape index (κ2) is 8.17. The first-order valence-corrected chi connectivity index (χ1v) is 9.59. The van der Waals surface area contributed by atoms with E-state index in [4.69, 9.17) is 10.1 Å². The Labute approximate surface area is 164 Å². The smallest absolute Gasteiger partial charge is 0.158 e. The van der Waals surface area contributed by atoms with Crippen LogP contribution in [0, 0.1) is 13.8 Å². The zero-order chi connectivity index (χ0) is 19.3. The van der Waals surface area contributed by atoms with E-state index in [9.17, 15) is 0 Å². The lowest BCUT2D eigenvalue weighted by atomic mass is 10.1. The highest BCUT2D eigenvalue weighted by Gasteiger charge is 2.14. The topological polar surface area (TPSA) is 61.4 Å². The molecule has 0 atom stereocenters. The third-order valence-electron chi connectivity index (χ3n) is 4.88. The van der Waals surface area contributed by atoms with Crippen molar-refractivity contribution in [1.29, 1.82) is 0 Å². The highest BCUT2D eigenvalue weighted by atomic mass is 15.4. The molecule has 3 aromatic heterocycles. The van der Waals surface area contributed by atoms with E-state index in [0.717, 1.165) is 54.7 Å². The predicted octanol–water partition coefficient (Wildman–Crippen LogP) is 3.50. The summed E-state index contributed by atoms with van der Waals surface area (Å²) in [5.41, 5.74) is 2.38. The van der Waals surface area contributed by atoms with Gasteiger partial charge in [-0.05, 0) is 37.5 Å². The molecule has 0 aliphatic heterocycles. The van der Waals surface area contributed by atoms with Crippen molar-refractivity contribution in [1.82, 2.24) is 29.3 Å². The van der Waals surface area contributed by atoms with Gasteiger partial charge in [-0.1, -0.05) is 36.4 Å². The Balaban J connectivity index is 1.59. The summed E-state index contributed by atoms with van der Waals surface area (Å²) in [6, 6.07) is 14.5. The van der Waals surface area contributed by atoms with Gasteiger partial charge in [0.25, 0.3) is 0 Å². The van der Waals surface area contributed by atoms with E-state index in [1.807, 2.05) is 36.1 Å². The van der Waals surface area contributed by atoms with Crippen LogP contribution in [0.5, 0.6) is 0 Å². The predicted molar refractivity (Wildman–Crippen MR) is 108 cm³/mol. The van der Waals surface area contributed by atoms with E-state index < -0.39 is 0 Å². The molecule has 0 spiro atoms. The van der Waals surface area contributed by atoms with Gasteiger partial charge in [0, 0.05) is 38.0 Å². The maximum atomic E-state index is 4.85. The largest absolute Gasteiger partial charge is 0.335 e. The Morgan fingerprint density at radius 1 is 0.857 bits per heavy atom. The fourth-order valence-electron chi connectivity index (χ4n) is 3.29. The molecule has 142 valence electrons. The normalized spacial score (nSPS) is 11.1. The Hall–Kier alpha value is -3.28. The molecule has 6 heteroatoms. The van der Waals surface area contributed by atoms with Gasteiger partial charge in [-0.25, -0.2) is 15.0 Å². The van der Waals surface area contributed by atoms with E-state index in [0.29, 0.717) is 0 Å². The number of rotatable bonds is 7. The van der Waals surface area contributed by atoms with Gasteiger partial charge >= 0.3 is 0 Å². The van der Waals surface area contributed by atoms with Gasteiger partial charge in [-0.2, -0.15) is 4.68 Å². The van der Waals surface area contributed by atoms with Gasteiger partial charge in [-0.3, -0.25) is 0 Å². The standard InChI is InChI=1S/C22H24N6/c1-17-7-6-13-24-22(17)28-21(12-15-27-16-14-23-18(27)2)25-20(26-28)11-10-19-8-4-3-5-9-19/h3-9,13-14,16H,10-12,15H2,1-2H3. The maximum absolute atomic E-state index is 4.85. The number of aromatic nitrogens is 6. The quantitative estimate of drug-likeness (QED) is 0.498. The van der Waals surface area contributed by atoms with Gasteiger partial charge in [0.05, 0.1) is 0 Å². The molecule has 0 aliphatic rings. The van der Waals surface area contributed by atoms with E-state index in [-0.39, 0.29) is 0 Å². The summed E-state index contributed by atoms with van der Waals surface area (Å²) in [7, 11) is 0. The van der Waals surface area contributed by atoms with Crippen LogP contribution in [0.3, 0.4) is 0 Å². The van der Waals surface area contributed by atoms with Crippen LogP contribution in [0.4, 0.5) is 0 Å². The summed E-state index contributed by atoms with van der Waals surface area (Å²) in [6.07, 6.45) is 8.13. The zero-order valence-corrected chi connectivity index (χ0v) is 16.3. The van der Waals surface area contributed by atoms with Crippen molar-refractivity contribution in [3.8, 4) is 5.82 Å². The SMILES string of the molecule is Cc1cccnc1-n1nc(CCc2ccccc2)nc1CCn1ccnc1C. The minimum atomic E-state index is 0.769. The van der Waals surface area contributed by atoms with Crippen LogP contribution >= 0.6 is 0 Å². The first-order chi connectivity index (χ1) is 13.7. The fourth-order valence-corrected chi connectivity index (χ4v) is 3.29. The molecule has 0 saturated heterocycles. The molecular weight excluding hydrogens is 348 g/mol. The molecule has 0 fully saturated rings. The highest BCUT2D eigenvalue weighted by molar-refractivity contribution is 5.32. The van der Waals surface area contributed by atoms with E-state index in [1.165, 1.54) is 5.56 Å². The molecular formula is C22H24N6. The van der Waals surface area contributed by atoms with E-state index >= 15 is 0 Å². The van der Waals surface area contributed by atoms with Crippen LogP contribution in [-0.2, 0) is 25.8 Å². The van der Waals surface area contributed by atoms with Crippen LogP contribution in [-0.4, -0.2) is 29.3 Å². The first kappa shape index (κ1) is 18.1. The molecule has 6 nitrogen and oxygen atoms in total. The molecule has 0 bridgehead atoms. The summed E-state index contributed by atoms with van der Waals surface area (Å²) in [4.78, 5) is 13.7. The van der Waals surface area contributed by atoms with Gasteiger partial charge in [0.2, 0.25) is 0 Å². The number of aryl methyl sites for hydroxylation is 6. The number of hydrogen-bond acceptors (Lipinski definition) is 4. The molecule has 1 aromatic carbocycles. The molecule has 0 unspecified atom stereocenters. The minimum absolute atomic E-state index is 0.769. The Kier molecular flexibility index (Phi) is 5.28. The van der Waals surface area contributed by atoms with Crippen molar-refractivity contribution in [2.75, 3.05) is 0 Å². The number of imidazole rings is 1. The third-order valence-corrected chi connectivity index (χ3v) is 4.88. The molecule has 0 aliphatic carbocycles. The van der Waals surface area contributed by atoms with Crippen LogP contribution in [0.25, 0.3) is 5.82 Å². The molecule has 0 radical (unpaired) electrons. The van der Waals surface area contributed by atoms with Crippen LogP contribution < -0.4 is 0 Å². The minimum Gasteiger partial charge on any atom is -0.335 e. The lowest BCUT2D eigenvalue weighted by molar-refractivity contribution is 0.633. The lowest BCUT2D eigenvalue weighted by Crippen LogP contribution is -2.10. The Bertz CT molecular complexity index is 1050. The first-order valence-electron chi connectivity index (χ1n) is 9.59. The Morgan fingerprint density at radius 3 is 2.46 bits per heavy atom. The van der Waals surface area contributed by atoms with E-state index in [1.54, 1.807) is 6.20 Å². The van der Waals surface area contributed by atoms with Gasteiger partial charge in [-0.15, -0.1) is 5.10 Å². The number of nitrogens with zero attached hydrogens (tertiary/aromatic N) is 6. The number of benzene rings is 1. The summed E-state index contributed by atoms with van der Waals surface area (Å²) >= 11 is 0. The van der Waals surface area contributed by atoms with E-state index in [2.05, 4.69) is 51.8 Å². The van der Waals surface area contributed by atoms with Crippen molar-refractivity contribution in [3.05, 3.63) is 89.7 Å². The maximum Gasteiger partial charge on any atom is 0.158 e. The van der Waals surface area contributed by atoms with Gasteiger partial charge < -0.3 is 4.57 Å². The van der Waals surface area contributed by atoms with Crippen molar-refractivity contribution >= 4 is 0 Å².